The van der Waals surface area contributed by atoms with Crippen LogP contribution in [0.5, 0.6) is 11.5 Å². The third kappa shape index (κ3) is 5.09. The molecule has 0 aliphatic rings. The van der Waals surface area contributed by atoms with Crippen molar-refractivity contribution in [3.8, 4) is 11.5 Å². The lowest BCUT2D eigenvalue weighted by atomic mass is 10.1. The molecule has 1 N–H and O–H groups in total. The number of benzene rings is 3. The minimum atomic E-state index is -1.64. The predicted molar refractivity (Wildman–Crippen MR) is 114 cm³/mol. The molecule has 6 nitrogen and oxygen atoms in total. The highest BCUT2D eigenvalue weighted by Gasteiger charge is 2.27. The summed E-state index contributed by atoms with van der Waals surface area (Å²) in [5.74, 6) is -1.03. The van der Waals surface area contributed by atoms with E-state index in [9.17, 15) is 14.8 Å². The number of para-hydroxylation sites is 1. The van der Waals surface area contributed by atoms with Gasteiger partial charge in [-0.25, -0.2) is 4.79 Å². The van der Waals surface area contributed by atoms with Crippen LogP contribution in [0, 0.1) is 4.91 Å². The Labute approximate surface area is 182 Å². The van der Waals surface area contributed by atoms with Crippen LogP contribution in [0.4, 0.5) is 0 Å². The third-order valence-electron chi connectivity index (χ3n) is 4.31. The molecule has 1 atom stereocenters. The van der Waals surface area contributed by atoms with Crippen molar-refractivity contribution in [2.45, 2.75) is 19.3 Å². The van der Waals surface area contributed by atoms with Crippen LogP contribution >= 0.6 is 23.2 Å². The predicted octanol–water partition coefficient (Wildman–Crippen LogP) is 6.04. The number of carboxylic acid groups (broad SMARTS) is 1. The highest BCUT2D eigenvalue weighted by molar-refractivity contribution is 6.31. The first-order valence-corrected chi connectivity index (χ1v) is 9.67. The van der Waals surface area contributed by atoms with Crippen LogP contribution in [0.3, 0.4) is 0 Å². The molecular weight excluding hydrogens is 429 g/mol. The number of hydrogen-bond acceptors (Lipinski definition) is 5. The lowest BCUT2D eigenvalue weighted by Gasteiger charge is -2.18. The minimum absolute atomic E-state index is 0.0460. The Morgan fingerprint density at radius 1 is 0.867 bits per heavy atom. The molecule has 0 amide bonds. The fourth-order valence-electron chi connectivity index (χ4n) is 2.79. The highest BCUT2D eigenvalue weighted by atomic mass is 35.5. The summed E-state index contributed by atoms with van der Waals surface area (Å²) in [6.45, 7) is 0.169. The van der Waals surface area contributed by atoms with Crippen LogP contribution in [-0.4, -0.2) is 11.1 Å². The number of halogens is 2. The Bertz CT molecular complexity index is 1060. The third-order valence-corrected chi connectivity index (χ3v) is 5.05. The van der Waals surface area contributed by atoms with E-state index in [1.165, 1.54) is 6.07 Å². The van der Waals surface area contributed by atoms with E-state index in [2.05, 4.69) is 5.18 Å². The molecule has 0 aromatic heterocycles. The van der Waals surface area contributed by atoms with Gasteiger partial charge in [-0.2, -0.15) is 0 Å². The second kappa shape index (κ2) is 10.1. The van der Waals surface area contributed by atoms with Crippen molar-refractivity contribution in [1.29, 1.82) is 0 Å². The first kappa shape index (κ1) is 21.6. The summed E-state index contributed by atoms with van der Waals surface area (Å²) in [5.41, 5.74) is 1.52. The van der Waals surface area contributed by atoms with Gasteiger partial charge in [-0.1, -0.05) is 71.7 Å². The molecule has 0 radical (unpaired) electrons. The van der Waals surface area contributed by atoms with E-state index in [4.69, 9.17) is 32.7 Å². The van der Waals surface area contributed by atoms with Gasteiger partial charge in [0.25, 0.3) is 0 Å². The van der Waals surface area contributed by atoms with Crippen LogP contribution < -0.4 is 9.47 Å². The summed E-state index contributed by atoms with van der Waals surface area (Å²) >= 11 is 12.4. The lowest BCUT2D eigenvalue weighted by molar-refractivity contribution is -0.138. The van der Waals surface area contributed by atoms with Crippen LogP contribution in [0.15, 0.2) is 71.9 Å². The van der Waals surface area contributed by atoms with Crippen molar-refractivity contribution in [3.05, 3.63) is 98.4 Å². The first-order valence-electron chi connectivity index (χ1n) is 8.92. The van der Waals surface area contributed by atoms with Gasteiger partial charge in [0.15, 0.2) is 11.5 Å². The fourth-order valence-corrected chi connectivity index (χ4v) is 3.17. The second-order valence-electron chi connectivity index (χ2n) is 6.28. The first-order chi connectivity index (χ1) is 14.5. The number of nitroso groups, excluding NO2 is 1. The largest absolute Gasteiger partial charge is 0.485 e. The molecular formula is C22H17Cl2NO5. The van der Waals surface area contributed by atoms with Gasteiger partial charge in [0.1, 0.15) is 13.2 Å². The van der Waals surface area contributed by atoms with Crippen LogP contribution in [-0.2, 0) is 18.0 Å². The summed E-state index contributed by atoms with van der Waals surface area (Å²) in [4.78, 5) is 22.7. The topological polar surface area (TPSA) is 85.2 Å². The maximum atomic E-state index is 11.5. The van der Waals surface area contributed by atoms with Gasteiger partial charge in [0.2, 0.25) is 6.04 Å². The molecule has 0 fully saturated rings. The Kier molecular flexibility index (Phi) is 7.27. The zero-order valence-corrected chi connectivity index (χ0v) is 17.1. The maximum Gasteiger partial charge on any atom is 0.336 e. The summed E-state index contributed by atoms with van der Waals surface area (Å²) in [7, 11) is 0. The molecule has 3 aromatic rings. The van der Waals surface area contributed by atoms with E-state index >= 15 is 0 Å². The standard InChI is InChI=1S/C22H17Cl2NO5/c23-17-9-3-1-6-14(17)12-29-19-11-5-8-16(20(25-28)22(26)27)21(19)30-13-15-7-2-4-10-18(15)24/h1-11,20H,12-13H2,(H,26,27). The van der Waals surface area contributed by atoms with Gasteiger partial charge < -0.3 is 14.6 Å². The lowest BCUT2D eigenvalue weighted by Crippen LogP contribution is -2.12. The van der Waals surface area contributed by atoms with Crippen molar-refractivity contribution in [1.82, 2.24) is 0 Å². The van der Waals surface area contributed by atoms with E-state index < -0.39 is 12.0 Å². The van der Waals surface area contributed by atoms with Crippen molar-refractivity contribution in [2.75, 3.05) is 0 Å². The van der Waals surface area contributed by atoms with Crippen LogP contribution in [0.1, 0.15) is 22.7 Å². The Hall–Kier alpha value is -3.09. The summed E-state index contributed by atoms with van der Waals surface area (Å²) in [5, 5.41) is 13.1. The van der Waals surface area contributed by atoms with Gasteiger partial charge in [0, 0.05) is 26.7 Å². The number of hydrogen-bond donors (Lipinski definition) is 1. The number of ether oxygens (including phenoxy) is 2. The number of carbonyl (C=O) groups is 1. The highest BCUT2D eigenvalue weighted by Crippen LogP contribution is 2.38. The smallest absolute Gasteiger partial charge is 0.336 e. The van der Waals surface area contributed by atoms with E-state index in [1.807, 2.05) is 12.1 Å². The molecule has 0 spiro atoms. The Morgan fingerprint density at radius 2 is 1.43 bits per heavy atom. The van der Waals surface area contributed by atoms with Crippen LogP contribution in [0.25, 0.3) is 0 Å². The number of carboxylic acids is 1. The van der Waals surface area contributed by atoms with E-state index in [0.29, 0.717) is 15.6 Å². The molecule has 0 bridgehead atoms. The average Bonchev–Trinajstić information content (AvgIpc) is 2.73. The number of rotatable bonds is 9. The number of nitrogens with zero attached hydrogens (tertiary/aromatic N) is 1. The molecule has 0 heterocycles. The van der Waals surface area contributed by atoms with Crippen LogP contribution in [0.2, 0.25) is 10.0 Å². The summed E-state index contributed by atoms with van der Waals surface area (Å²) in [6, 6.07) is 17.3. The van der Waals surface area contributed by atoms with Crippen molar-refractivity contribution in [3.63, 3.8) is 0 Å². The van der Waals surface area contributed by atoms with Gasteiger partial charge in [-0.15, -0.1) is 4.91 Å². The van der Waals surface area contributed by atoms with Crippen molar-refractivity contribution >= 4 is 29.2 Å². The molecule has 0 saturated carbocycles. The molecule has 3 aromatic carbocycles. The zero-order valence-electron chi connectivity index (χ0n) is 15.6. The fraction of sp³-hybridized carbons (Fsp3) is 0.136. The molecule has 3 rings (SSSR count). The Morgan fingerprint density at radius 3 is 1.97 bits per heavy atom. The number of aliphatic carboxylic acids is 1. The van der Waals surface area contributed by atoms with Crippen molar-refractivity contribution in [2.24, 2.45) is 5.18 Å². The van der Waals surface area contributed by atoms with Gasteiger partial charge in [-0.05, 0) is 23.4 Å². The second-order valence-corrected chi connectivity index (χ2v) is 7.10. The Balaban J connectivity index is 1.94. The monoisotopic (exact) mass is 445 g/mol. The van der Waals surface area contributed by atoms with E-state index in [-0.39, 0.29) is 30.3 Å². The molecule has 0 aliphatic carbocycles. The molecule has 8 heteroatoms. The quantitative estimate of drug-likeness (QED) is 0.405. The average molecular weight is 446 g/mol. The van der Waals surface area contributed by atoms with Gasteiger partial charge >= 0.3 is 5.97 Å². The molecule has 1 unspecified atom stereocenters. The molecule has 154 valence electrons. The van der Waals surface area contributed by atoms with E-state index in [0.717, 1.165) is 5.56 Å². The van der Waals surface area contributed by atoms with E-state index in [1.54, 1.807) is 48.5 Å². The van der Waals surface area contributed by atoms with Gasteiger partial charge in [-0.3, -0.25) is 0 Å². The molecule has 30 heavy (non-hydrogen) atoms. The van der Waals surface area contributed by atoms with Crippen molar-refractivity contribution < 1.29 is 19.4 Å². The summed E-state index contributed by atoms with van der Waals surface area (Å²) < 4.78 is 11.7. The normalized spacial score (nSPS) is 11.5. The minimum Gasteiger partial charge on any atom is -0.485 e. The van der Waals surface area contributed by atoms with Gasteiger partial charge in [0.05, 0.1) is 0 Å². The molecule has 0 aliphatic heterocycles. The zero-order chi connectivity index (χ0) is 21.5. The SMILES string of the molecule is O=NC(C(=O)O)c1cccc(OCc2ccccc2Cl)c1OCc1ccccc1Cl. The maximum absolute atomic E-state index is 11.5. The molecule has 0 saturated heterocycles. The summed E-state index contributed by atoms with van der Waals surface area (Å²) in [6.07, 6.45) is 0.